The highest BCUT2D eigenvalue weighted by Crippen LogP contribution is 2.45. The van der Waals surface area contributed by atoms with E-state index in [4.69, 9.17) is 8.85 Å². The predicted octanol–water partition coefficient (Wildman–Crippen LogP) is 9.12. The van der Waals surface area contributed by atoms with Crippen molar-refractivity contribution in [2.45, 2.75) is 90.6 Å². The van der Waals surface area contributed by atoms with Crippen LogP contribution in [0.4, 0.5) is 0 Å². The molecule has 3 aromatic rings. The van der Waals surface area contributed by atoms with Gasteiger partial charge in [0.05, 0.1) is 0 Å². The SMILES string of the molecule is CC(C)(C)[Si](C)(C)OCC1(CO[Si](C)(C)C(C)(C)C)Cc2cc3cc4ccccc4cc3cc2C1. The smallest absolute Gasteiger partial charge is 0.192 e. The third-order valence-corrected chi connectivity index (χ3v) is 18.2. The molecule has 1 aliphatic carbocycles. The molecule has 35 heavy (non-hydrogen) atoms. The van der Waals surface area contributed by atoms with Crippen molar-refractivity contribution in [3.63, 3.8) is 0 Å². The van der Waals surface area contributed by atoms with Crippen LogP contribution in [0.1, 0.15) is 52.7 Å². The molecular formula is C31H46O2Si2. The van der Waals surface area contributed by atoms with Gasteiger partial charge < -0.3 is 8.85 Å². The molecule has 190 valence electrons. The Bertz CT molecular complexity index is 1130. The number of hydrogen-bond donors (Lipinski definition) is 0. The summed E-state index contributed by atoms with van der Waals surface area (Å²) in [7, 11) is -3.72. The van der Waals surface area contributed by atoms with Gasteiger partial charge in [0.1, 0.15) is 0 Å². The molecule has 4 heteroatoms. The Morgan fingerprint density at radius 1 is 0.629 bits per heavy atom. The van der Waals surface area contributed by atoms with Crippen LogP contribution in [0.25, 0.3) is 21.5 Å². The van der Waals surface area contributed by atoms with Crippen molar-refractivity contribution >= 4 is 38.2 Å². The van der Waals surface area contributed by atoms with Crippen molar-refractivity contribution in [3.05, 3.63) is 59.7 Å². The summed E-state index contributed by atoms with van der Waals surface area (Å²) in [5.74, 6) is 0. The van der Waals surface area contributed by atoms with Gasteiger partial charge in [0, 0.05) is 18.6 Å². The Labute approximate surface area is 215 Å². The van der Waals surface area contributed by atoms with Crippen LogP contribution in [-0.4, -0.2) is 29.8 Å². The van der Waals surface area contributed by atoms with E-state index in [9.17, 15) is 0 Å². The lowest BCUT2D eigenvalue weighted by molar-refractivity contribution is 0.0731. The first-order valence-corrected chi connectivity index (χ1v) is 19.1. The highest BCUT2D eigenvalue weighted by Gasteiger charge is 2.45. The minimum absolute atomic E-state index is 0.00414. The van der Waals surface area contributed by atoms with Crippen LogP contribution in [-0.2, 0) is 21.7 Å². The zero-order valence-electron chi connectivity index (χ0n) is 23.8. The van der Waals surface area contributed by atoms with Crippen LogP contribution in [0.3, 0.4) is 0 Å². The predicted molar refractivity (Wildman–Crippen MR) is 158 cm³/mol. The zero-order valence-corrected chi connectivity index (χ0v) is 25.8. The highest BCUT2D eigenvalue weighted by molar-refractivity contribution is 6.74. The van der Waals surface area contributed by atoms with Gasteiger partial charge in [0.25, 0.3) is 0 Å². The first-order chi connectivity index (χ1) is 16.0. The lowest BCUT2D eigenvalue weighted by Crippen LogP contribution is -2.48. The monoisotopic (exact) mass is 506 g/mol. The fourth-order valence-corrected chi connectivity index (χ4v) is 6.83. The summed E-state index contributed by atoms with van der Waals surface area (Å²) in [5, 5.41) is 5.71. The number of fused-ring (bicyclic) bond motifs is 3. The second-order valence-corrected chi connectivity index (χ2v) is 23.7. The van der Waals surface area contributed by atoms with Crippen molar-refractivity contribution in [3.8, 4) is 0 Å². The Morgan fingerprint density at radius 2 is 1.00 bits per heavy atom. The second-order valence-electron chi connectivity index (χ2n) is 14.1. The van der Waals surface area contributed by atoms with E-state index < -0.39 is 16.6 Å². The number of rotatable bonds is 6. The molecule has 1 aliphatic rings. The Balaban J connectivity index is 1.68. The van der Waals surface area contributed by atoms with Crippen LogP contribution >= 0.6 is 0 Å². The van der Waals surface area contributed by atoms with Gasteiger partial charge in [0.15, 0.2) is 16.6 Å². The number of benzene rings is 3. The first kappa shape index (κ1) is 26.6. The molecule has 0 aromatic heterocycles. The summed E-state index contributed by atoms with van der Waals surface area (Å²) in [5.41, 5.74) is 2.96. The van der Waals surface area contributed by atoms with E-state index in [2.05, 4.69) is 116 Å². The molecule has 3 aromatic carbocycles. The van der Waals surface area contributed by atoms with E-state index in [1.165, 1.54) is 32.7 Å². The molecule has 0 aliphatic heterocycles. The largest absolute Gasteiger partial charge is 0.416 e. The van der Waals surface area contributed by atoms with E-state index in [1.807, 2.05) is 0 Å². The minimum atomic E-state index is -1.86. The van der Waals surface area contributed by atoms with Gasteiger partial charge in [-0.3, -0.25) is 0 Å². The third-order valence-electron chi connectivity index (χ3n) is 9.24. The normalized spacial score (nSPS) is 16.7. The quantitative estimate of drug-likeness (QED) is 0.245. The maximum Gasteiger partial charge on any atom is 0.192 e. The third kappa shape index (κ3) is 5.32. The summed E-state index contributed by atoms with van der Waals surface area (Å²) in [6.07, 6.45) is 2.07. The van der Waals surface area contributed by atoms with Crippen LogP contribution in [0, 0.1) is 5.41 Å². The van der Waals surface area contributed by atoms with Gasteiger partial charge in [-0.25, -0.2) is 0 Å². The molecule has 0 N–H and O–H groups in total. The van der Waals surface area contributed by atoms with Crippen LogP contribution in [0.2, 0.25) is 36.3 Å². The molecular weight excluding hydrogens is 461 g/mol. The van der Waals surface area contributed by atoms with Gasteiger partial charge in [-0.15, -0.1) is 0 Å². The van der Waals surface area contributed by atoms with Gasteiger partial charge in [0.2, 0.25) is 0 Å². The average Bonchev–Trinajstić information content (AvgIpc) is 3.09. The van der Waals surface area contributed by atoms with Crippen molar-refractivity contribution in [1.29, 1.82) is 0 Å². The molecule has 0 fully saturated rings. The van der Waals surface area contributed by atoms with Gasteiger partial charge in [-0.1, -0.05) is 77.9 Å². The lowest BCUT2D eigenvalue weighted by atomic mass is 9.87. The lowest BCUT2D eigenvalue weighted by Gasteiger charge is -2.42. The number of hydrogen-bond acceptors (Lipinski definition) is 2. The second kappa shape index (κ2) is 8.83. The summed E-state index contributed by atoms with van der Waals surface area (Å²) >= 11 is 0. The van der Waals surface area contributed by atoms with Gasteiger partial charge in [-0.2, -0.15) is 0 Å². The van der Waals surface area contributed by atoms with Crippen molar-refractivity contribution in [2.24, 2.45) is 5.41 Å². The standard InChI is InChI=1S/C31H46O2Si2/c1-29(2,3)34(7,8)32-21-31(22-33-35(9,10)30(4,5)6)19-27-17-25-15-23-13-11-12-14-24(23)16-26(25)18-28(27)20-31/h11-18H,19-22H2,1-10H3. The maximum atomic E-state index is 6.90. The average molecular weight is 507 g/mol. The summed E-state index contributed by atoms with van der Waals surface area (Å²) in [4.78, 5) is 0. The highest BCUT2D eigenvalue weighted by atomic mass is 28.4. The van der Waals surface area contributed by atoms with Crippen molar-refractivity contribution in [2.75, 3.05) is 13.2 Å². The summed E-state index contributed by atoms with van der Waals surface area (Å²) in [6, 6.07) is 18.3. The molecule has 0 bridgehead atoms. The van der Waals surface area contributed by atoms with Crippen LogP contribution in [0.15, 0.2) is 48.5 Å². The Morgan fingerprint density at radius 3 is 1.34 bits per heavy atom. The van der Waals surface area contributed by atoms with E-state index in [0.29, 0.717) is 0 Å². The fourth-order valence-electron chi connectivity index (χ4n) is 4.63. The Hall–Kier alpha value is -1.47. The van der Waals surface area contributed by atoms with Crippen molar-refractivity contribution in [1.82, 2.24) is 0 Å². The van der Waals surface area contributed by atoms with E-state index in [0.717, 1.165) is 26.1 Å². The molecule has 0 saturated heterocycles. The summed E-state index contributed by atoms with van der Waals surface area (Å²) in [6.45, 7) is 25.0. The molecule has 0 radical (unpaired) electrons. The van der Waals surface area contributed by atoms with Crippen LogP contribution in [0.5, 0.6) is 0 Å². The molecule has 0 unspecified atom stereocenters. The fraction of sp³-hybridized carbons (Fsp3) is 0.548. The van der Waals surface area contributed by atoms with E-state index in [1.54, 1.807) is 0 Å². The first-order valence-electron chi connectivity index (χ1n) is 13.2. The molecule has 0 amide bonds. The van der Waals surface area contributed by atoms with Gasteiger partial charge in [-0.05, 0) is 93.9 Å². The van der Waals surface area contributed by atoms with Crippen LogP contribution < -0.4 is 0 Å². The van der Waals surface area contributed by atoms with E-state index >= 15 is 0 Å². The van der Waals surface area contributed by atoms with E-state index in [-0.39, 0.29) is 15.5 Å². The molecule has 0 spiro atoms. The molecule has 2 nitrogen and oxygen atoms in total. The maximum absolute atomic E-state index is 6.90. The molecule has 4 rings (SSSR count). The molecule has 0 saturated carbocycles. The van der Waals surface area contributed by atoms with Gasteiger partial charge >= 0.3 is 0 Å². The molecule has 0 heterocycles. The molecule has 0 atom stereocenters. The topological polar surface area (TPSA) is 18.5 Å². The minimum Gasteiger partial charge on any atom is -0.416 e. The zero-order chi connectivity index (χ0) is 25.9. The Kier molecular flexibility index (Phi) is 6.71. The summed E-state index contributed by atoms with van der Waals surface area (Å²) < 4.78 is 13.8. The van der Waals surface area contributed by atoms with Crippen molar-refractivity contribution < 1.29 is 8.85 Å².